The number of nitrogens with zero attached hydrogens (tertiary/aromatic N) is 3. The fraction of sp³-hybridized carbons (Fsp3) is 0.400. The SMILES string of the molecule is CC(C)CNC(=O)c1cccc(C(=O)N2CCN(C(=O)c3ccco3)CC2)n1. The van der Waals surface area contributed by atoms with Crippen LogP contribution < -0.4 is 5.32 Å². The van der Waals surface area contributed by atoms with Crippen LogP contribution in [0.2, 0.25) is 0 Å². The number of rotatable bonds is 5. The zero-order valence-electron chi connectivity index (χ0n) is 16.1. The lowest BCUT2D eigenvalue weighted by Crippen LogP contribution is -2.50. The van der Waals surface area contributed by atoms with E-state index in [-0.39, 0.29) is 29.1 Å². The molecule has 0 saturated carbocycles. The van der Waals surface area contributed by atoms with Gasteiger partial charge in [-0.25, -0.2) is 4.98 Å². The van der Waals surface area contributed by atoms with E-state index in [0.29, 0.717) is 44.4 Å². The fourth-order valence-corrected chi connectivity index (χ4v) is 2.90. The van der Waals surface area contributed by atoms with Crippen LogP contribution in [0.15, 0.2) is 41.0 Å². The standard InChI is InChI=1S/C20H24N4O4/c1-14(2)13-21-18(25)15-5-3-6-16(22-15)19(26)23-8-10-24(11-9-23)20(27)17-7-4-12-28-17/h3-7,12,14H,8-11,13H2,1-2H3,(H,21,25). The number of nitrogens with one attached hydrogen (secondary N) is 1. The van der Waals surface area contributed by atoms with Gasteiger partial charge in [-0.1, -0.05) is 19.9 Å². The molecule has 1 aliphatic heterocycles. The molecular formula is C20H24N4O4. The smallest absolute Gasteiger partial charge is 0.289 e. The zero-order chi connectivity index (χ0) is 20.1. The first-order chi connectivity index (χ1) is 13.5. The number of aromatic nitrogens is 1. The quantitative estimate of drug-likeness (QED) is 0.846. The Balaban J connectivity index is 1.60. The van der Waals surface area contributed by atoms with E-state index in [1.54, 1.807) is 40.1 Å². The first-order valence-electron chi connectivity index (χ1n) is 9.33. The number of amides is 3. The molecule has 1 N–H and O–H groups in total. The van der Waals surface area contributed by atoms with E-state index in [2.05, 4.69) is 10.3 Å². The first kappa shape index (κ1) is 19.6. The number of carbonyl (C=O) groups is 3. The molecule has 8 nitrogen and oxygen atoms in total. The molecule has 2 aromatic heterocycles. The molecule has 0 aromatic carbocycles. The number of pyridine rings is 1. The Hall–Kier alpha value is -3.16. The van der Waals surface area contributed by atoms with Crippen molar-refractivity contribution in [2.24, 2.45) is 5.92 Å². The monoisotopic (exact) mass is 384 g/mol. The van der Waals surface area contributed by atoms with Gasteiger partial charge >= 0.3 is 0 Å². The predicted octanol–water partition coefficient (Wildman–Crippen LogP) is 1.66. The van der Waals surface area contributed by atoms with Crippen molar-refractivity contribution in [1.82, 2.24) is 20.1 Å². The third-order valence-corrected chi connectivity index (χ3v) is 4.46. The molecule has 1 aliphatic rings. The van der Waals surface area contributed by atoms with E-state index in [4.69, 9.17) is 4.42 Å². The van der Waals surface area contributed by atoms with Gasteiger partial charge in [0.15, 0.2) is 5.76 Å². The van der Waals surface area contributed by atoms with Crippen LogP contribution in [0.4, 0.5) is 0 Å². The largest absolute Gasteiger partial charge is 0.459 e. The van der Waals surface area contributed by atoms with E-state index in [1.807, 2.05) is 13.8 Å². The van der Waals surface area contributed by atoms with E-state index in [1.165, 1.54) is 6.26 Å². The number of hydrogen-bond acceptors (Lipinski definition) is 5. The van der Waals surface area contributed by atoms with Gasteiger partial charge in [-0.05, 0) is 30.2 Å². The van der Waals surface area contributed by atoms with Crippen LogP contribution >= 0.6 is 0 Å². The molecule has 148 valence electrons. The van der Waals surface area contributed by atoms with Gasteiger partial charge in [0.1, 0.15) is 11.4 Å². The summed E-state index contributed by atoms with van der Waals surface area (Å²) in [6.07, 6.45) is 1.46. The summed E-state index contributed by atoms with van der Waals surface area (Å²) < 4.78 is 5.14. The van der Waals surface area contributed by atoms with E-state index >= 15 is 0 Å². The second-order valence-corrected chi connectivity index (χ2v) is 7.07. The molecule has 3 amide bonds. The number of hydrogen-bond donors (Lipinski definition) is 1. The van der Waals surface area contributed by atoms with Crippen molar-refractivity contribution in [3.05, 3.63) is 53.7 Å². The molecule has 1 saturated heterocycles. The minimum atomic E-state index is -0.294. The average Bonchev–Trinajstić information content (AvgIpc) is 3.26. The molecule has 0 spiro atoms. The maximum absolute atomic E-state index is 12.8. The summed E-state index contributed by atoms with van der Waals surface area (Å²) in [5.41, 5.74) is 0.446. The number of furan rings is 1. The van der Waals surface area contributed by atoms with Crippen LogP contribution in [0.1, 0.15) is 45.4 Å². The topological polar surface area (TPSA) is 95.8 Å². The summed E-state index contributed by atoms with van der Waals surface area (Å²) >= 11 is 0. The maximum Gasteiger partial charge on any atom is 0.289 e. The Morgan fingerprint density at radius 2 is 1.64 bits per heavy atom. The molecule has 0 aliphatic carbocycles. The molecular weight excluding hydrogens is 360 g/mol. The zero-order valence-corrected chi connectivity index (χ0v) is 16.1. The van der Waals surface area contributed by atoms with Gasteiger partial charge in [-0.2, -0.15) is 0 Å². The second kappa shape index (κ2) is 8.69. The summed E-state index contributed by atoms with van der Waals surface area (Å²) in [5.74, 6) is -0.102. The van der Waals surface area contributed by atoms with Crippen LogP contribution in [0, 0.1) is 5.92 Å². The Kier molecular flexibility index (Phi) is 6.08. The van der Waals surface area contributed by atoms with Crippen molar-refractivity contribution >= 4 is 17.7 Å². The van der Waals surface area contributed by atoms with Crippen molar-refractivity contribution in [3.63, 3.8) is 0 Å². The van der Waals surface area contributed by atoms with E-state index < -0.39 is 0 Å². The van der Waals surface area contributed by atoms with Crippen molar-refractivity contribution in [1.29, 1.82) is 0 Å². The fourth-order valence-electron chi connectivity index (χ4n) is 2.90. The minimum Gasteiger partial charge on any atom is -0.459 e. The molecule has 28 heavy (non-hydrogen) atoms. The van der Waals surface area contributed by atoms with Gasteiger partial charge in [-0.3, -0.25) is 14.4 Å². The number of carbonyl (C=O) groups excluding carboxylic acids is 3. The highest BCUT2D eigenvalue weighted by molar-refractivity contribution is 5.96. The normalized spacial score (nSPS) is 14.2. The van der Waals surface area contributed by atoms with Gasteiger partial charge in [-0.15, -0.1) is 0 Å². The third-order valence-electron chi connectivity index (χ3n) is 4.46. The highest BCUT2D eigenvalue weighted by Gasteiger charge is 2.27. The average molecular weight is 384 g/mol. The van der Waals surface area contributed by atoms with E-state index in [0.717, 1.165) is 0 Å². The highest BCUT2D eigenvalue weighted by atomic mass is 16.3. The number of piperazine rings is 1. The Bertz CT molecular complexity index is 840. The van der Waals surface area contributed by atoms with Gasteiger partial charge in [0.05, 0.1) is 6.26 Å². The lowest BCUT2D eigenvalue weighted by molar-refractivity contribution is 0.0515. The summed E-state index contributed by atoms with van der Waals surface area (Å²) in [4.78, 5) is 44.8. The Morgan fingerprint density at radius 3 is 2.25 bits per heavy atom. The second-order valence-electron chi connectivity index (χ2n) is 7.07. The van der Waals surface area contributed by atoms with Crippen LogP contribution in [-0.4, -0.2) is 65.2 Å². The van der Waals surface area contributed by atoms with Crippen LogP contribution in [-0.2, 0) is 0 Å². The van der Waals surface area contributed by atoms with E-state index in [9.17, 15) is 14.4 Å². The van der Waals surface area contributed by atoms with Gasteiger partial charge in [0, 0.05) is 32.7 Å². The summed E-state index contributed by atoms with van der Waals surface area (Å²) in [6, 6.07) is 8.14. The first-order valence-corrected chi connectivity index (χ1v) is 9.33. The highest BCUT2D eigenvalue weighted by Crippen LogP contribution is 2.12. The molecule has 0 radical (unpaired) electrons. The molecule has 3 rings (SSSR count). The molecule has 0 atom stereocenters. The lowest BCUT2D eigenvalue weighted by Gasteiger charge is -2.34. The third kappa shape index (κ3) is 4.57. The van der Waals surface area contributed by atoms with Crippen LogP contribution in [0.3, 0.4) is 0 Å². The molecule has 8 heteroatoms. The molecule has 0 unspecified atom stereocenters. The summed E-state index contributed by atoms with van der Waals surface area (Å²) in [6.45, 7) is 6.19. The van der Waals surface area contributed by atoms with Gasteiger partial charge < -0.3 is 19.5 Å². The predicted molar refractivity (Wildman–Crippen MR) is 102 cm³/mol. The molecule has 0 bridgehead atoms. The minimum absolute atomic E-state index is 0.181. The maximum atomic E-state index is 12.8. The molecule has 2 aromatic rings. The lowest BCUT2D eigenvalue weighted by atomic mass is 10.2. The Morgan fingerprint density at radius 1 is 1.00 bits per heavy atom. The van der Waals surface area contributed by atoms with Crippen molar-refractivity contribution in [2.75, 3.05) is 32.7 Å². The van der Waals surface area contributed by atoms with Crippen LogP contribution in [0.25, 0.3) is 0 Å². The summed E-state index contributed by atoms with van der Waals surface area (Å²) in [5, 5.41) is 2.80. The van der Waals surface area contributed by atoms with Crippen molar-refractivity contribution < 1.29 is 18.8 Å². The summed E-state index contributed by atoms with van der Waals surface area (Å²) in [7, 11) is 0. The molecule has 3 heterocycles. The van der Waals surface area contributed by atoms with Crippen molar-refractivity contribution in [2.45, 2.75) is 13.8 Å². The van der Waals surface area contributed by atoms with Gasteiger partial charge in [0.25, 0.3) is 17.7 Å². The Labute approximate surface area is 163 Å². The van der Waals surface area contributed by atoms with Crippen molar-refractivity contribution in [3.8, 4) is 0 Å². The van der Waals surface area contributed by atoms with Gasteiger partial charge in [0.2, 0.25) is 0 Å². The molecule has 1 fully saturated rings. The van der Waals surface area contributed by atoms with Crippen LogP contribution in [0.5, 0.6) is 0 Å².